The molecule has 1 amide bonds. The van der Waals surface area contributed by atoms with Crippen LogP contribution in [0.4, 0.5) is 27.6 Å². The third-order valence-electron chi connectivity index (χ3n) is 4.03. The van der Waals surface area contributed by atoms with E-state index in [9.17, 15) is 31.5 Å². The van der Waals surface area contributed by atoms with Gasteiger partial charge in [0.05, 0.1) is 17.7 Å². The Bertz CT molecular complexity index is 921. The van der Waals surface area contributed by atoms with Crippen LogP contribution in [0.1, 0.15) is 12.0 Å². The summed E-state index contributed by atoms with van der Waals surface area (Å²) in [6, 6.07) is 6.60. The topological polar surface area (TPSA) is 55.8 Å². The molecule has 0 bridgehead atoms. The van der Waals surface area contributed by atoms with Crippen molar-refractivity contribution in [2.75, 3.05) is 18.1 Å². The zero-order valence-corrected chi connectivity index (χ0v) is 14.1. The third kappa shape index (κ3) is 3.62. The first-order valence-electron chi connectivity index (χ1n) is 7.99. The summed E-state index contributed by atoms with van der Waals surface area (Å²) in [6.45, 7) is -1.48. The van der Waals surface area contributed by atoms with Gasteiger partial charge in [-0.05, 0) is 12.1 Å². The van der Waals surface area contributed by atoms with Gasteiger partial charge in [0.15, 0.2) is 29.9 Å². The number of rotatable bonds is 5. The van der Waals surface area contributed by atoms with Crippen molar-refractivity contribution in [1.29, 1.82) is 0 Å². The molecule has 0 aromatic heterocycles. The molecule has 0 N–H and O–H groups in total. The van der Waals surface area contributed by atoms with Gasteiger partial charge in [-0.15, -0.1) is 0 Å². The van der Waals surface area contributed by atoms with Crippen LogP contribution in [0.2, 0.25) is 0 Å². The Hall–Kier alpha value is -3.17. The maximum Gasteiger partial charge on any atom is 0.307 e. The van der Waals surface area contributed by atoms with E-state index in [0.717, 1.165) is 0 Å². The lowest BCUT2D eigenvalue weighted by atomic mass is 10.2. The zero-order valence-electron chi connectivity index (χ0n) is 14.1. The number of hydrogen-bond donors (Lipinski definition) is 0. The SMILES string of the molecule is O=C(CCN1C(=O)COc2ccccc21)OCc1c(F)c(F)c(F)c(F)c1F. The zero-order chi connectivity index (χ0) is 20.4. The predicted octanol–water partition coefficient (Wildman–Crippen LogP) is 3.24. The molecule has 148 valence electrons. The van der Waals surface area contributed by atoms with E-state index in [2.05, 4.69) is 4.74 Å². The van der Waals surface area contributed by atoms with E-state index in [1.807, 2.05) is 0 Å². The largest absolute Gasteiger partial charge is 0.482 e. The van der Waals surface area contributed by atoms with Gasteiger partial charge in [0, 0.05) is 6.54 Å². The summed E-state index contributed by atoms with van der Waals surface area (Å²) in [7, 11) is 0. The molecule has 1 heterocycles. The van der Waals surface area contributed by atoms with E-state index >= 15 is 0 Å². The summed E-state index contributed by atoms with van der Waals surface area (Å²) in [6.07, 6.45) is -0.366. The molecule has 0 fully saturated rings. The molecule has 1 aliphatic rings. The summed E-state index contributed by atoms with van der Waals surface area (Å²) in [4.78, 5) is 25.1. The molecule has 2 aromatic rings. The van der Waals surface area contributed by atoms with Crippen LogP contribution < -0.4 is 9.64 Å². The lowest BCUT2D eigenvalue weighted by molar-refractivity contribution is -0.144. The van der Waals surface area contributed by atoms with Gasteiger partial charge in [-0.25, -0.2) is 22.0 Å². The number of halogens is 5. The molecule has 0 aliphatic carbocycles. The van der Waals surface area contributed by atoms with Gasteiger partial charge >= 0.3 is 5.97 Å². The van der Waals surface area contributed by atoms with Crippen LogP contribution in [0.25, 0.3) is 0 Å². The second-order valence-electron chi connectivity index (χ2n) is 5.76. The van der Waals surface area contributed by atoms with E-state index in [-0.39, 0.29) is 19.6 Å². The quantitative estimate of drug-likeness (QED) is 0.334. The molecular weight excluding hydrogens is 389 g/mol. The number of fused-ring (bicyclic) bond motifs is 1. The number of esters is 1. The fourth-order valence-electron chi connectivity index (χ4n) is 2.60. The van der Waals surface area contributed by atoms with E-state index in [1.54, 1.807) is 24.3 Å². The molecule has 5 nitrogen and oxygen atoms in total. The van der Waals surface area contributed by atoms with Crippen molar-refractivity contribution in [2.24, 2.45) is 0 Å². The van der Waals surface area contributed by atoms with Gasteiger partial charge < -0.3 is 14.4 Å². The monoisotopic (exact) mass is 401 g/mol. The summed E-state index contributed by atoms with van der Waals surface area (Å²) < 4.78 is 76.3. The molecule has 0 atom stereocenters. The van der Waals surface area contributed by atoms with Gasteiger partial charge in [0.1, 0.15) is 12.4 Å². The Balaban J connectivity index is 1.64. The van der Waals surface area contributed by atoms with Crippen LogP contribution in [-0.4, -0.2) is 25.0 Å². The summed E-state index contributed by atoms with van der Waals surface area (Å²) in [5.74, 6) is -11.6. The van der Waals surface area contributed by atoms with Crippen molar-refractivity contribution in [3.63, 3.8) is 0 Å². The van der Waals surface area contributed by atoms with E-state index in [1.165, 1.54) is 4.90 Å². The maximum atomic E-state index is 13.6. The standard InChI is InChI=1S/C18H12F5NO4/c19-14-9(15(20)17(22)18(23)16(14)21)7-28-13(26)5-6-24-10-3-1-2-4-11(10)27-8-12(24)25/h1-4H,5-8H2. The van der Waals surface area contributed by atoms with Crippen LogP contribution >= 0.6 is 0 Å². The van der Waals surface area contributed by atoms with Crippen LogP contribution in [0.3, 0.4) is 0 Å². The Kier molecular flexibility index (Phi) is 5.48. The second kappa shape index (κ2) is 7.83. The highest BCUT2D eigenvalue weighted by Crippen LogP contribution is 2.31. The van der Waals surface area contributed by atoms with Gasteiger partial charge in [-0.3, -0.25) is 9.59 Å². The molecule has 0 saturated heterocycles. The molecule has 10 heteroatoms. The smallest absolute Gasteiger partial charge is 0.307 e. The maximum absolute atomic E-state index is 13.6. The van der Waals surface area contributed by atoms with Crippen molar-refractivity contribution in [2.45, 2.75) is 13.0 Å². The summed E-state index contributed by atoms with van der Waals surface area (Å²) in [5.41, 5.74) is -0.816. The van der Waals surface area contributed by atoms with Crippen LogP contribution in [0.5, 0.6) is 5.75 Å². The van der Waals surface area contributed by atoms with E-state index < -0.39 is 53.1 Å². The first-order valence-corrected chi connectivity index (χ1v) is 7.99. The molecule has 3 rings (SSSR count). The molecule has 0 spiro atoms. The molecule has 2 aromatic carbocycles. The predicted molar refractivity (Wildman–Crippen MR) is 84.9 cm³/mol. The minimum Gasteiger partial charge on any atom is -0.482 e. The van der Waals surface area contributed by atoms with Gasteiger partial charge in [-0.2, -0.15) is 0 Å². The fourth-order valence-corrected chi connectivity index (χ4v) is 2.60. The van der Waals surface area contributed by atoms with Crippen molar-refractivity contribution in [3.05, 3.63) is 58.9 Å². The average Bonchev–Trinajstić information content (AvgIpc) is 2.70. The number of nitrogens with zero attached hydrogens (tertiary/aromatic N) is 1. The molecule has 0 unspecified atom stereocenters. The van der Waals surface area contributed by atoms with Gasteiger partial charge in [0.2, 0.25) is 5.82 Å². The molecule has 1 aliphatic heterocycles. The first-order chi connectivity index (χ1) is 13.3. The first kappa shape index (κ1) is 19.6. The third-order valence-corrected chi connectivity index (χ3v) is 4.03. The average molecular weight is 401 g/mol. The molecule has 28 heavy (non-hydrogen) atoms. The lowest BCUT2D eigenvalue weighted by Gasteiger charge is -2.28. The summed E-state index contributed by atoms with van der Waals surface area (Å²) >= 11 is 0. The van der Waals surface area contributed by atoms with E-state index in [4.69, 9.17) is 4.74 Å². The number of para-hydroxylation sites is 2. The Morgan fingerprint density at radius 1 is 1.00 bits per heavy atom. The number of amides is 1. The lowest BCUT2D eigenvalue weighted by Crippen LogP contribution is -2.40. The molecule has 0 radical (unpaired) electrons. The van der Waals surface area contributed by atoms with E-state index in [0.29, 0.717) is 11.4 Å². The minimum absolute atomic E-state index is 0.116. The highest BCUT2D eigenvalue weighted by Gasteiger charge is 2.28. The summed E-state index contributed by atoms with van der Waals surface area (Å²) in [5, 5.41) is 0. The van der Waals surface area contributed by atoms with Crippen molar-refractivity contribution in [1.82, 2.24) is 0 Å². The highest BCUT2D eigenvalue weighted by atomic mass is 19.2. The number of hydrogen-bond acceptors (Lipinski definition) is 4. The number of ether oxygens (including phenoxy) is 2. The highest BCUT2D eigenvalue weighted by molar-refractivity contribution is 5.98. The Morgan fingerprint density at radius 2 is 1.61 bits per heavy atom. The van der Waals surface area contributed by atoms with Crippen molar-refractivity contribution < 1.29 is 41.0 Å². The number of anilines is 1. The second-order valence-corrected chi connectivity index (χ2v) is 5.76. The Morgan fingerprint density at radius 3 is 2.29 bits per heavy atom. The van der Waals surface area contributed by atoms with Crippen LogP contribution in [0.15, 0.2) is 24.3 Å². The van der Waals surface area contributed by atoms with Crippen molar-refractivity contribution in [3.8, 4) is 5.75 Å². The van der Waals surface area contributed by atoms with Crippen LogP contribution in [-0.2, 0) is 20.9 Å². The normalized spacial score (nSPS) is 13.2. The van der Waals surface area contributed by atoms with Gasteiger partial charge in [0.25, 0.3) is 5.91 Å². The minimum atomic E-state index is -2.30. The fraction of sp³-hybridized carbons (Fsp3) is 0.222. The molecule has 0 saturated carbocycles. The number of carbonyl (C=O) groups excluding carboxylic acids is 2. The number of benzene rings is 2. The van der Waals surface area contributed by atoms with Gasteiger partial charge in [-0.1, -0.05) is 12.1 Å². The number of carbonyl (C=O) groups is 2. The van der Waals surface area contributed by atoms with Crippen LogP contribution in [0, 0.1) is 29.1 Å². The van der Waals surface area contributed by atoms with Crippen molar-refractivity contribution >= 4 is 17.6 Å². The Labute approximate surface area is 155 Å². The molecular formula is C18H12F5NO4.